The van der Waals surface area contributed by atoms with Gasteiger partial charge in [0.05, 0.1) is 24.9 Å². The average Bonchev–Trinajstić information content (AvgIpc) is 2.93. The molecule has 0 aliphatic carbocycles. The Morgan fingerprint density at radius 2 is 1.24 bits per heavy atom. The lowest BCUT2D eigenvalue weighted by atomic mass is 10.0. The van der Waals surface area contributed by atoms with Crippen molar-refractivity contribution in [1.29, 1.82) is 0 Å². The molecule has 0 heterocycles. The summed E-state index contributed by atoms with van der Waals surface area (Å²) in [7, 11) is 0. The lowest BCUT2D eigenvalue weighted by molar-refractivity contribution is -0.137. The molecule has 0 N–H and O–H groups in total. The second-order valence-electron chi connectivity index (χ2n) is 9.48. The van der Waals surface area contributed by atoms with Gasteiger partial charge >= 0.3 is 11.9 Å². The van der Waals surface area contributed by atoms with Gasteiger partial charge in [0.15, 0.2) is 0 Å². The Morgan fingerprint density at radius 3 is 1.76 bits per heavy atom. The van der Waals surface area contributed by atoms with Crippen LogP contribution in [0.2, 0.25) is 0 Å². The van der Waals surface area contributed by atoms with Crippen LogP contribution in [-0.4, -0.2) is 31.3 Å². The number of rotatable bonds is 19. The van der Waals surface area contributed by atoms with Gasteiger partial charge in [0.2, 0.25) is 0 Å². The summed E-state index contributed by atoms with van der Waals surface area (Å²) in [5.41, 5.74) is 2.72. The van der Waals surface area contributed by atoms with Crippen LogP contribution in [0.25, 0.3) is 11.1 Å². The minimum atomic E-state index is -0.329. The smallest absolute Gasteiger partial charge is 0.338 e. The van der Waals surface area contributed by atoms with Gasteiger partial charge in [-0.3, -0.25) is 0 Å². The Balaban J connectivity index is 1.52. The Hall–Kier alpha value is -3.08. The van der Waals surface area contributed by atoms with Crippen molar-refractivity contribution in [2.45, 2.75) is 90.6 Å². The zero-order valence-electron chi connectivity index (χ0n) is 22.7. The van der Waals surface area contributed by atoms with E-state index >= 15 is 0 Å². The lowest BCUT2D eigenvalue weighted by Crippen LogP contribution is -2.13. The van der Waals surface area contributed by atoms with Crippen LogP contribution in [0.3, 0.4) is 0 Å². The van der Waals surface area contributed by atoms with E-state index in [0.717, 1.165) is 49.2 Å². The van der Waals surface area contributed by atoms with Gasteiger partial charge in [0.25, 0.3) is 0 Å². The molecule has 0 spiro atoms. The summed E-state index contributed by atoms with van der Waals surface area (Å²) in [5.74, 6) is 0.281. The van der Waals surface area contributed by atoms with E-state index in [1.165, 1.54) is 51.0 Å². The van der Waals surface area contributed by atoms with Crippen molar-refractivity contribution < 1.29 is 23.8 Å². The lowest BCUT2D eigenvalue weighted by Gasteiger charge is -2.11. The molecule has 2 rings (SSSR count). The molecule has 0 radical (unpaired) electrons. The predicted molar refractivity (Wildman–Crippen MR) is 150 cm³/mol. The van der Waals surface area contributed by atoms with Gasteiger partial charge in [0.1, 0.15) is 5.75 Å². The van der Waals surface area contributed by atoms with E-state index < -0.39 is 0 Å². The van der Waals surface area contributed by atoms with Crippen molar-refractivity contribution in [2.75, 3.05) is 13.2 Å². The molecular weight excluding hydrogens is 464 g/mol. The summed E-state index contributed by atoms with van der Waals surface area (Å²) in [4.78, 5) is 23.1. The van der Waals surface area contributed by atoms with Gasteiger partial charge in [-0.25, -0.2) is 9.59 Å². The highest BCUT2D eigenvalue weighted by molar-refractivity contribution is 5.90. The third kappa shape index (κ3) is 12.6. The number of carbonyl (C=O) groups excluding carboxylic acids is 2. The molecule has 0 amide bonds. The number of esters is 2. The fourth-order valence-electron chi connectivity index (χ4n) is 3.92. The van der Waals surface area contributed by atoms with Gasteiger partial charge in [0, 0.05) is 6.08 Å². The first-order valence-corrected chi connectivity index (χ1v) is 13.9. The molecule has 0 aliphatic heterocycles. The molecule has 2 aromatic carbocycles. The Morgan fingerprint density at radius 1 is 0.757 bits per heavy atom. The third-order valence-electron chi connectivity index (χ3n) is 6.41. The zero-order valence-corrected chi connectivity index (χ0v) is 22.7. The number of hydrogen-bond donors (Lipinski definition) is 0. The molecule has 37 heavy (non-hydrogen) atoms. The first kappa shape index (κ1) is 30.1. The van der Waals surface area contributed by atoms with Crippen LogP contribution in [0.1, 0.15) is 94.8 Å². The van der Waals surface area contributed by atoms with Crippen LogP contribution in [0.5, 0.6) is 5.75 Å². The minimum absolute atomic E-state index is 0.0741. The highest BCUT2D eigenvalue weighted by Gasteiger charge is 2.11. The topological polar surface area (TPSA) is 61.8 Å². The zero-order chi connectivity index (χ0) is 26.7. The van der Waals surface area contributed by atoms with E-state index in [0.29, 0.717) is 12.2 Å². The second-order valence-corrected chi connectivity index (χ2v) is 9.48. The van der Waals surface area contributed by atoms with Crippen LogP contribution in [-0.2, 0) is 14.3 Å². The summed E-state index contributed by atoms with van der Waals surface area (Å²) in [6.07, 6.45) is 13.8. The van der Waals surface area contributed by atoms with E-state index in [4.69, 9.17) is 14.2 Å². The maximum atomic E-state index is 12.1. The average molecular weight is 509 g/mol. The third-order valence-corrected chi connectivity index (χ3v) is 6.41. The molecule has 0 saturated carbocycles. The van der Waals surface area contributed by atoms with Gasteiger partial charge in [-0.15, -0.1) is 0 Å². The predicted octanol–water partition coefficient (Wildman–Crippen LogP) is 8.32. The van der Waals surface area contributed by atoms with Crippen molar-refractivity contribution in [3.63, 3.8) is 0 Å². The summed E-state index contributed by atoms with van der Waals surface area (Å²) >= 11 is 0. The Kier molecular flexibility index (Phi) is 14.8. The normalized spacial score (nSPS) is 11.5. The molecule has 0 saturated heterocycles. The maximum absolute atomic E-state index is 12.1. The molecule has 2 aromatic rings. The molecule has 0 fully saturated rings. The van der Waals surface area contributed by atoms with Crippen LogP contribution < -0.4 is 4.74 Å². The van der Waals surface area contributed by atoms with Crippen LogP contribution in [0, 0.1) is 0 Å². The van der Waals surface area contributed by atoms with Crippen molar-refractivity contribution in [2.24, 2.45) is 0 Å². The van der Waals surface area contributed by atoms with E-state index in [1.807, 2.05) is 50.2 Å². The van der Waals surface area contributed by atoms with Crippen molar-refractivity contribution in [3.05, 3.63) is 66.7 Å². The fourth-order valence-corrected chi connectivity index (χ4v) is 3.92. The first-order chi connectivity index (χ1) is 18.0. The molecule has 0 aromatic heterocycles. The minimum Gasteiger partial charge on any atom is -0.494 e. The number of benzene rings is 2. The standard InChI is InChI=1S/C32H44O5/c1-4-26(3)37-32(34)29-18-16-27(17-19-29)28-20-22-30(23-21-28)35-24-14-12-10-8-6-7-9-11-13-15-25-36-31(33)5-2/h5,16-23,26H,2,4,6-15,24-25H2,1,3H3. The first-order valence-electron chi connectivity index (χ1n) is 13.9. The SMILES string of the molecule is C=CC(=O)OCCCCCCCCCCCCOc1ccc(-c2ccc(C(=O)OC(C)CC)cc2)cc1. The monoisotopic (exact) mass is 508 g/mol. The van der Waals surface area contributed by atoms with Crippen molar-refractivity contribution >= 4 is 11.9 Å². The number of unbranched alkanes of at least 4 members (excludes halogenated alkanes) is 9. The quantitative estimate of drug-likeness (QED) is 0.108. The van der Waals surface area contributed by atoms with E-state index in [-0.39, 0.29) is 18.0 Å². The summed E-state index contributed by atoms with van der Waals surface area (Å²) in [6.45, 7) is 8.53. The molecule has 0 bridgehead atoms. The van der Waals surface area contributed by atoms with Gasteiger partial charge in [-0.05, 0) is 61.6 Å². The largest absolute Gasteiger partial charge is 0.494 e. The van der Waals surface area contributed by atoms with Crippen LogP contribution in [0.4, 0.5) is 0 Å². The van der Waals surface area contributed by atoms with Gasteiger partial charge in [-0.2, -0.15) is 0 Å². The molecule has 202 valence electrons. The van der Waals surface area contributed by atoms with Crippen LogP contribution >= 0.6 is 0 Å². The highest BCUT2D eigenvalue weighted by Crippen LogP contribution is 2.23. The highest BCUT2D eigenvalue weighted by atomic mass is 16.5. The summed E-state index contributed by atoms with van der Waals surface area (Å²) in [6, 6.07) is 15.6. The van der Waals surface area contributed by atoms with Crippen LogP contribution in [0.15, 0.2) is 61.2 Å². The molecule has 5 heteroatoms. The maximum Gasteiger partial charge on any atom is 0.338 e. The molecule has 5 nitrogen and oxygen atoms in total. The summed E-state index contributed by atoms with van der Waals surface area (Å²) in [5, 5.41) is 0. The number of ether oxygens (including phenoxy) is 3. The second kappa shape index (κ2) is 18.2. The van der Waals surface area contributed by atoms with Gasteiger partial charge < -0.3 is 14.2 Å². The molecule has 0 aliphatic rings. The molecular formula is C32H44O5. The number of carbonyl (C=O) groups is 2. The van der Waals surface area contributed by atoms with E-state index in [1.54, 1.807) is 0 Å². The van der Waals surface area contributed by atoms with Crippen molar-refractivity contribution in [3.8, 4) is 16.9 Å². The molecule has 1 atom stereocenters. The fraction of sp³-hybridized carbons (Fsp3) is 0.500. The molecule has 1 unspecified atom stereocenters. The summed E-state index contributed by atoms with van der Waals surface area (Å²) < 4.78 is 16.3. The van der Waals surface area contributed by atoms with E-state index in [9.17, 15) is 9.59 Å². The van der Waals surface area contributed by atoms with E-state index in [2.05, 4.69) is 18.7 Å². The van der Waals surface area contributed by atoms with Crippen molar-refractivity contribution in [1.82, 2.24) is 0 Å². The Bertz CT molecular complexity index is 917. The van der Waals surface area contributed by atoms with Gasteiger partial charge in [-0.1, -0.05) is 89.1 Å². The Labute approximate surface area is 223 Å². The number of hydrogen-bond acceptors (Lipinski definition) is 5.